The van der Waals surface area contributed by atoms with Crippen LogP contribution in [0.25, 0.3) is 0 Å². The van der Waals surface area contributed by atoms with E-state index in [1.54, 1.807) is 17.5 Å². The minimum absolute atomic E-state index is 0.173. The number of hydrogen-bond acceptors (Lipinski definition) is 6. The van der Waals surface area contributed by atoms with Gasteiger partial charge in [-0.3, -0.25) is 9.48 Å². The van der Waals surface area contributed by atoms with Gasteiger partial charge in [0.25, 0.3) is 0 Å². The third-order valence-corrected chi connectivity index (χ3v) is 3.47. The predicted octanol–water partition coefficient (Wildman–Crippen LogP) is 1.95. The number of hydrogen-bond donors (Lipinski definition) is 1. The van der Waals surface area contributed by atoms with Gasteiger partial charge in [-0.15, -0.1) is 11.3 Å². The molecule has 0 aliphatic rings. The van der Waals surface area contributed by atoms with Crippen molar-refractivity contribution in [1.29, 1.82) is 0 Å². The number of anilines is 1. The molecule has 0 unspecified atom stereocenters. The third-order valence-electron chi connectivity index (χ3n) is 2.62. The maximum atomic E-state index is 11.3. The second kappa shape index (κ2) is 7.64. The highest BCUT2D eigenvalue weighted by Crippen LogP contribution is 2.16. The number of carbonyl (C=O) groups is 1. The molecule has 2 heterocycles. The highest BCUT2D eigenvalue weighted by molar-refractivity contribution is 7.13. The summed E-state index contributed by atoms with van der Waals surface area (Å²) in [6, 6.07) is 1.90. The Bertz CT molecular complexity index is 524. The molecule has 0 amide bonds. The first kappa shape index (κ1) is 14.5. The van der Waals surface area contributed by atoms with Gasteiger partial charge in [-0.1, -0.05) is 0 Å². The fraction of sp³-hybridized carbons (Fsp3) is 0.462. The van der Waals surface area contributed by atoms with E-state index in [0.29, 0.717) is 19.4 Å². The maximum Gasteiger partial charge on any atom is 0.306 e. The number of ether oxygens (including phenoxy) is 1. The van der Waals surface area contributed by atoms with E-state index >= 15 is 0 Å². The van der Waals surface area contributed by atoms with Crippen molar-refractivity contribution in [3.05, 3.63) is 29.5 Å². The molecule has 2 aromatic heterocycles. The first-order valence-corrected chi connectivity index (χ1v) is 7.47. The van der Waals surface area contributed by atoms with Crippen LogP contribution in [0, 0.1) is 0 Å². The fourth-order valence-corrected chi connectivity index (χ4v) is 2.45. The van der Waals surface area contributed by atoms with Crippen LogP contribution in [0.1, 0.15) is 19.0 Å². The number of nitrogens with zero attached hydrogens (tertiary/aromatic N) is 3. The van der Waals surface area contributed by atoms with E-state index in [1.807, 2.05) is 29.2 Å². The van der Waals surface area contributed by atoms with Crippen molar-refractivity contribution in [3.63, 3.8) is 0 Å². The quantitative estimate of drug-likeness (QED) is 0.754. The summed E-state index contributed by atoms with van der Waals surface area (Å²) in [7, 11) is 0. The number of rotatable bonds is 8. The summed E-state index contributed by atoms with van der Waals surface area (Å²) >= 11 is 1.55. The van der Waals surface area contributed by atoms with Gasteiger partial charge in [0.05, 0.1) is 25.3 Å². The molecular weight excluding hydrogens is 276 g/mol. The zero-order valence-corrected chi connectivity index (χ0v) is 12.2. The Labute approximate surface area is 121 Å². The molecule has 0 aliphatic carbocycles. The number of esters is 1. The van der Waals surface area contributed by atoms with Crippen LogP contribution >= 0.6 is 11.3 Å². The van der Waals surface area contributed by atoms with E-state index in [2.05, 4.69) is 15.4 Å². The Morgan fingerprint density at radius 3 is 3.20 bits per heavy atom. The SMILES string of the molecule is CCOC(=O)CCc1csc(NCCn2cccn2)n1. The monoisotopic (exact) mass is 294 g/mol. The summed E-state index contributed by atoms with van der Waals surface area (Å²) in [6.07, 6.45) is 4.69. The Morgan fingerprint density at radius 2 is 2.45 bits per heavy atom. The number of thiazole rings is 1. The molecule has 0 saturated carbocycles. The summed E-state index contributed by atoms with van der Waals surface area (Å²) in [4.78, 5) is 15.7. The summed E-state index contributed by atoms with van der Waals surface area (Å²) in [5.41, 5.74) is 0.921. The van der Waals surface area contributed by atoms with Crippen molar-refractivity contribution in [1.82, 2.24) is 14.8 Å². The minimum Gasteiger partial charge on any atom is -0.466 e. The van der Waals surface area contributed by atoms with Gasteiger partial charge in [0.1, 0.15) is 0 Å². The van der Waals surface area contributed by atoms with Gasteiger partial charge in [0.2, 0.25) is 0 Å². The normalized spacial score (nSPS) is 10.4. The Morgan fingerprint density at radius 1 is 1.55 bits per heavy atom. The van der Waals surface area contributed by atoms with Gasteiger partial charge in [0, 0.05) is 30.7 Å². The number of nitrogens with one attached hydrogen (secondary N) is 1. The summed E-state index contributed by atoms with van der Waals surface area (Å²) in [6.45, 7) is 3.80. The van der Waals surface area contributed by atoms with E-state index in [4.69, 9.17) is 4.74 Å². The molecule has 0 spiro atoms. The molecule has 0 radical (unpaired) electrons. The number of aryl methyl sites for hydroxylation is 1. The lowest BCUT2D eigenvalue weighted by Gasteiger charge is -2.02. The van der Waals surface area contributed by atoms with E-state index in [9.17, 15) is 4.79 Å². The smallest absolute Gasteiger partial charge is 0.306 e. The summed E-state index contributed by atoms with van der Waals surface area (Å²) < 4.78 is 6.75. The lowest BCUT2D eigenvalue weighted by Crippen LogP contribution is -2.10. The lowest BCUT2D eigenvalue weighted by atomic mass is 10.2. The highest BCUT2D eigenvalue weighted by atomic mass is 32.1. The van der Waals surface area contributed by atoms with Crippen molar-refractivity contribution < 1.29 is 9.53 Å². The Balaban J connectivity index is 1.70. The maximum absolute atomic E-state index is 11.3. The molecule has 0 bridgehead atoms. The molecule has 20 heavy (non-hydrogen) atoms. The van der Waals surface area contributed by atoms with Gasteiger partial charge in [-0.2, -0.15) is 5.10 Å². The molecule has 0 aliphatic heterocycles. The zero-order chi connectivity index (χ0) is 14.2. The highest BCUT2D eigenvalue weighted by Gasteiger charge is 2.06. The summed E-state index contributed by atoms with van der Waals surface area (Å²) in [5, 5.41) is 10.2. The molecule has 0 aromatic carbocycles. The van der Waals surface area contributed by atoms with Crippen LogP contribution in [0.15, 0.2) is 23.8 Å². The van der Waals surface area contributed by atoms with Crippen LogP contribution in [0.2, 0.25) is 0 Å². The topological polar surface area (TPSA) is 69.0 Å². The molecule has 0 saturated heterocycles. The Kier molecular flexibility index (Phi) is 5.55. The van der Waals surface area contributed by atoms with Crippen LogP contribution in [0.3, 0.4) is 0 Å². The lowest BCUT2D eigenvalue weighted by molar-refractivity contribution is -0.143. The molecular formula is C13H18N4O2S. The van der Waals surface area contributed by atoms with Crippen LogP contribution in [-0.4, -0.2) is 33.9 Å². The first-order chi connectivity index (χ1) is 9.78. The van der Waals surface area contributed by atoms with Crippen LogP contribution < -0.4 is 5.32 Å². The van der Waals surface area contributed by atoms with E-state index in [1.165, 1.54) is 0 Å². The molecule has 108 valence electrons. The van der Waals surface area contributed by atoms with Crippen molar-refractivity contribution >= 4 is 22.4 Å². The molecule has 0 fully saturated rings. The van der Waals surface area contributed by atoms with Gasteiger partial charge >= 0.3 is 5.97 Å². The van der Waals surface area contributed by atoms with E-state index in [0.717, 1.165) is 23.9 Å². The molecule has 0 atom stereocenters. The molecule has 1 N–H and O–H groups in total. The third kappa shape index (κ3) is 4.65. The van der Waals surface area contributed by atoms with E-state index in [-0.39, 0.29) is 5.97 Å². The molecule has 7 heteroatoms. The average Bonchev–Trinajstić information content (AvgIpc) is 3.08. The first-order valence-electron chi connectivity index (χ1n) is 6.59. The molecule has 6 nitrogen and oxygen atoms in total. The Hall–Kier alpha value is -1.89. The van der Waals surface area contributed by atoms with Crippen LogP contribution in [0.4, 0.5) is 5.13 Å². The van der Waals surface area contributed by atoms with Crippen LogP contribution in [-0.2, 0) is 22.5 Å². The van der Waals surface area contributed by atoms with Crippen molar-refractivity contribution in [2.24, 2.45) is 0 Å². The summed E-state index contributed by atoms with van der Waals surface area (Å²) in [5.74, 6) is -0.173. The number of aromatic nitrogens is 3. The largest absolute Gasteiger partial charge is 0.466 e. The standard InChI is InChI=1S/C13H18N4O2S/c1-2-19-12(18)5-4-11-10-20-13(16-11)14-7-9-17-8-3-6-15-17/h3,6,8,10H,2,4-5,7,9H2,1H3,(H,14,16). The average molecular weight is 294 g/mol. The van der Waals surface area contributed by atoms with Gasteiger partial charge in [-0.25, -0.2) is 4.98 Å². The second-order valence-corrected chi connectivity index (χ2v) is 5.00. The zero-order valence-electron chi connectivity index (χ0n) is 11.4. The van der Waals surface area contributed by atoms with Crippen molar-refractivity contribution in [2.75, 3.05) is 18.5 Å². The van der Waals surface area contributed by atoms with E-state index < -0.39 is 0 Å². The number of carbonyl (C=O) groups excluding carboxylic acids is 1. The van der Waals surface area contributed by atoms with Crippen molar-refractivity contribution in [3.8, 4) is 0 Å². The fourth-order valence-electron chi connectivity index (χ4n) is 1.68. The van der Waals surface area contributed by atoms with Gasteiger partial charge in [0.15, 0.2) is 5.13 Å². The van der Waals surface area contributed by atoms with Gasteiger partial charge in [-0.05, 0) is 13.0 Å². The molecule has 2 aromatic rings. The predicted molar refractivity (Wildman–Crippen MR) is 77.8 cm³/mol. The second-order valence-electron chi connectivity index (χ2n) is 4.14. The van der Waals surface area contributed by atoms with Gasteiger partial charge < -0.3 is 10.1 Å². The minimum atomic E-state index is -0.173. The molecule has 2 rings (SSSR count). The van der Waals surface area contributed by atoms with Crippen molar-refractivity contribution in [2.45, 2.75) is 26.3 Å². The van der Waals surface area contributed by atoms with Crippen LogP contribution in [0.5, 0.6) is 0 Å².